The van der Waals surface area contributed by atoms with Crippen molar-refractivity contribution in [3.63, 3.8) is 0 Å². The second kappa shape index (κ2) is 12.3. The van der Waals surface area contributed by atoms with E-state index < -0.39 is 0 Å². The van der Waals surface area contributed by atoms with Crippen LogP contribution in [0.1, 0.15) is 0 Å². The number of para-hydroxylation sites is 3. The summed E-state index contributed by atoms with van der Waals surface area (Å²) in [4.78, 5) is 15.3. The first-order chi connectivity index (χ1) is 28.2. The number of benzene rings is 8. The summed E-state index contributed by atoms with van der Waals surface area (Å²) in [5.74, 6) is 1.69. The van der Waals surface area contributed by atoms with Gasteiger partial charge in [0.05, 0.1) is 16.4 Å². The molecule has 8 aromatic carbocycles. The third-order valence-corrected chi connectivity index (χ3v) is 11.1. The zero-order valence-corrected chi connectivity index (χ0v) is 30.4. The quantitative estimate of drug-likeness (QED) is 0.176. The molecule has 6 heteroatoms. The Morgan fingerprint density at radius 1 is 0.333 bits per heavy atom. The molecule has 4 heterocycles. The Kier molecular flexibility index (Phi) is 6.83. The van der Waals surface area contributed by atoms with Crippen molar-refractivity contribution in [2.45, 2.75) is 0 Å². The summed E-state index contributed by atoms with van der Waals surface area (Å²) in [5, 5.41) is 6.61. The highest BCUT2D eigenvalue weighted by molar-refractivity contribution is 6.24. The van der Waals surface area contributed by atoms with Crippen LogP contribution in [-0.4, -0.2) is 19.5 Å². The largest absolute Gasteiger partial charge is 0.456 e. The normalized spacial score (nSPS) is 11.9. The number of hydrogen-bond acceptors (Lipinski definition) is 5. The highest BCUT2D eigenvalue weighted by Crippen LogP contribution is 2.42. The van der Waals surface area contributed by atoms with E-state index in [0.29, 0.717) is 17.5 Å². The molecule has 12 aromatic rings. The Hall–Kier alpha value is -7.83. The molecule has 0 N–H and O–H groups in total. The molecule has 0 fully saturated rings. The molecule has 0 aliphatic carbocycles. The molecule has 0 aliphatic rings. The van der Waals surface area contributed by atoms with Gasteiger partial charge in [-0.25, -0.2) is 15.0 Å². The van der Waals surface area contributed by atoms with E-state index in [2.05, 4.69) is 156 Å². The molecule has 0 saturated heterocycles. The fourth-order valence-corrected chi connectivity index (χ4v) is 8.37. The van der Waals surface area contributed by atoms with Gasteiger partial charge in [-0.05, 0) is 71.8 Å². The number of furan rings is 2. The molecular weight excluding hydrogens is 701 g/mol. The Labute approximate surface area is 325 Å². The molecule has 0 unspecified atom stereocenters. The van der Waals surface area contributed by atoms with Crippen molar-refractivity contribution < 1.29 is 8.83 Å². The van der Waals surface area contributed by atoms with Crippen molar-refractivity contribution in [1.82, 2.24) is 19.5 Å². The van der Waals surface area contributed by atoms with E-state index in [1.807, 2.05) is 30.3 Å². The minimum Gasteiger partial charge on any atom is -0.456 e. The molecule has 57 heavy (non-hydrogen) atoms. The van der Waals surface area contributed by atoms with Crippen molar-refractivity contribution >= 4 is 65.7 Å². The van der Waals surface area contributed by atoms with E-state index in [0.717, 1.165) is 88.4 Å². The van der Waals surface area contributed by atoms with Gasteiger partial charge >= 0.3 is 0 Å². The lowest BCUT2D eigenvalue weighted by Gasteiger charge is -2.09. The van der Waals surface area contributed by atoms with Gasteiger partial charge < -0.3 is 13.4 Å². The smallest absolute Gasteiger partial charge is 0.164 e. The van der Waals surface area contributed by atoms with Crippen molar-refractivity contribution in [2.24, 2.45) is 0 Å². The predicted octanol–water partition coefficient (Wildman–Crippen LogP) is 13.4. The molecule has 0 radical (unpaired) electrons. The van der Waals surface area contributed by atoms with Gasteiger partial charge in [0.15, 0.2) is 17.5 Å². The molecule has 6 nitrogen and oxygen atoms in total. The van der Waals surface area contributed by atoms with Crippen LogP contribution in [0.25, 0.3) is 117 Å². The van der Waals surface area contributed by atoms with E-state index in [1.54, 1.807) is 0 Å². The summed E-state index contributed by atoms with van der Waals surface area (Å²) in [6.45, 7) is 0. The highest BCUT2D eigenvalue weighted by atomic mass is 16.3. The minimum absolute atomic E-state index is 0.553. The Bertz CT molecular complexity index is 3510. The molecular formula is C51H30N4O2. The van der Waals surface area contributed by atoms with Gasteiger partial charge in [-0.3, -0.25) is 0 Å². The summed E-state index contributed by atoms with van der Waals surface area (Å²) >= 11 is 0. The van der Waals surface area contributed by atoms with Crippen LogP contribution in [0.4, 0.5) is 0 Å². The predicted molar refractivity (Wildman–Crippen MR) is 230 cm³/mol. The molecule has 0 bridgehead atoms. The van der Waals surface area contributed by atoms with Gasteiger partial charge in [-0.2, -0.15) is 0 Å². The Balaban J connectivity index is 1.04. The van der Waals surface area contributed by atoms with Gasteiger partial charge in [0.2, 0.25) is 0 Å². The van der Waals surface area contributed by atoms with Crippen LogP contribution in [-0.2, 0) is 0 Å². The molecule has 0 atom stereocenters. The Morgan fingerprint density at radius 2 is 0.842 bits per heavy atom. The lowest BCUT2D eigenvalue weighted by molar-refractivity contribution is 0.669. The van der Waals surface area contributed by atoms with E-state index in [1.165, 1.54) is 10.8 Å². The van der Waals surface area contributed by atoms with Crippen LogP contribution < -0.4 is 0 Å². The highest BCUT2D eigenvalue weighted by Gasteiger charge is 2.21. The lowest BCUT2D eigenvalue weighted by Crippen LogP contribution is -2.00. The number of fused-ring (bicyclic) bond motifs is 10. The van der Waals surface area contributed by atoms with E-state index in [-0.39, 0.29) is 0 Å². The zero-order valence-electron chi connectivity index (χ0n) is 30.4. The average Bonchev–Trinajstić information content (AvgIpc) is 3.96. The summed E-state index contributed by atoms with van der Waals surface area (Å²) in [6, 6.07) is 62.7. The molecule has 12 rings (SSSR count). The number of aromatic nitrogens is 4. The maximum atomic E-state index is 6.67. The molecule has 0 aliphatic heterocycles. The maximum absolute atomic E-state index is 6.67. The molecule has 4 aromatic heterocycles. The minimum atomic E-state index is 0.553. The third-order valence-electron chi connectivity index (χ3n) is 11.1. The number of hydrogen-bond donors (Lipinski definition) is 0. The maximum Gasteiger partial charge on any atom is 0.164 e. The summed E-state index contributed by atoms with van der Waals surface area (Å²) in [5.41, 5.74) is 11.4. The Morgan fingerprint density at radius 3 is 1.60 bits per heavy atom. The first-order valence-corrected chi connectivity index (χ1v) is 19.0. The van der Waals surface area contributed by atoms with E-state index >= 15 is 0 Å². The summed E-state index contributed by atoms with van der Waals surface area (Å²) in [7, 11) is 0. The second-order valence-corrected chi connectivity index (χ2v) is 14.4. The van der Waals surface area contributed by atoms with Crippen LogP contribution in [0.5, 0.6) is 0 Å². The van der Waals surface area contributed by atoms with Gasteiger partial charge in [-0.15, -0.1) is 0 Å². The van der Waals surface area contributed by atoms with Crippen molar-refractivity contribution in [3.05, 3.63) is 182 Å². The second-order valence-electron chi connectivity index (χ2n) is 14.4. The first-order valence-electron chi connectivity index (χ1n) is 19.0. The summed E-state index contributed by atoms with van der Waals surface area (Å²) < 4.78 is 15.3. The van der Waals surface area contributed by atoms with Gasteiger partial charge in [0.1, 0.15) is 22.3 Å². The van der Waals surface area contributed by atoms with Crippen LogP contribution in [0, 0.1) is 0 Å². The van der Waals surface area contributed by atoms with Gasteiger partial charge in [0.25, 0.3) is 0 Å². The number of nitrogens with zero attached hydrogens (tertiary/aromatic N) is 4. The molecule has 0 spiro atoms. The van der Waals surface area contributed by atoms with Crippen molar-refractivity contribution in [3.8, 4) is 51.0 Å². The molecule has 0 saturated carbocycles. The monoisotopic (exact) mass is 730 g/mol. The third kappa shape index (κ3) is 5.01. The number of rotatable bonds is 5. The van der Waals surface area contributed by atoms with Crippen LogP contribution in [0.2, 0.25) is 0 Å². The summed E-state index contributed by atoms with van der Waals surface area (Å²) in [6.07, 6.45) is 0. The fourth-order valence-electron chi connectivity index (χ4n) is 8.37. The SMILES string of the molecule is c1ccc(-c2ccc(-c3nc(-c4ccc5c(c4)oc4ccccc45)nc(-c4ccc5c(c4)oc4ccc6c7ccccc7n(-c7ccccc7)c6c45)n3)cc2)cc1. The molecule has 0 amide bonds. The average molecular weight is 731 g/mol. The van der Waals surface area contributed by atoms with Gasteiger partial charge in [-0.1, -0.05) is 121 Å². The van der Waals surface area contributed by atoms with Gasteiger partial charge in [0, 0.05) is 49.3 Å². The van der Waals surface area contributed by atoms with Crippen molar-refractivity contribution in [2.75, 3.05) is 0 Å². The van der Waals surface area contributed by atoms with Crippen LogP contribution >= 0.6 is 0 Å². The fraction of sp³-hybridized carbons (Fsp3) is 0. The zero-order chi connectivity index (χ0) is 37.5. The first kappa shape index (κ1) is 31.5. The van der Waals surface area contributed by atoms with Crippen LogP contribution in [0.3, 0.4) is 0 Å². The van der Waals surface area contributed by atoms with Crippen LogP contribution in [0.15, 0.2) is 191 Å². The molecule has 266 valence electrons. The lowest BCUT2D eigenvalue weighted by atomic mass is 10.0. The topological polar surface area (TPSA) is 69.9 Å². The van der Waals surface area contributed by atoms with E-state index in [9.17, 15) is 0 Å². The van der Waals surface area contributed by atoms with E-state index in [4.69, 9.17) is 23.8 Å². The van der Waals surface area contributed by atoms with Crippen molar-refractivity contribution in [1.29, 1.82) is 0 Å². The standard InChI is InChI=1S/C51H30N4O2/c1-3-11-31(12-4-1)32-19-21-33(22-20-32)49-52-50(34-23-25-39-38-16-8-10-18-43(38)56-45(39)29-34)54-51(53-49)35-24-26-41-46(30-35)57-44-28-27-40-37-15-7-9-17-42(37)55(48(40)47(41)44)36-13-5-2-6-14-36/h1-30H.